The molecule has 0 aliphatic rings. The zero-order valence-electron chi connectivity index (χ0n) is 10.7. The van der Waals surface area contributed by atoms with Crippen molar-refractivity contribution < 1.29 is 0 Å². The Kier molecular flexibility index (Phi) is 4.62. The maximum atomic E-state index is 6.21. The smallest absolute Gasteiger partial charge is 0.0640 e. The summed E-state index contributed by atoms with van der Waals surface area (Å²) in [6.45, 7) is 4.03. The minimum Gasteiger partial charge on any atom is -0.377 e. The first-order valence-electron chi connectivity index (χ1n) is 5.95. The average molecular weight is 315 g/mol. The van der Waals surface area contributed by atoms with Crippen molar-refractivity contribution in [1.82, 2.24) is 0 Å². The third kappa shape index (κ3) is 3.56. The largest absolute Gasteiger partial charge is 0.377 e. The highest BCUT2D eigenvalue weighted by atomic mass is 35.5. The predicted octanol–water partition coefficient (Wildman–Crippen LogP) is 6.13. The summed E-state index contributed by atoms with van der Waals surface area (Å²) in [5.41, 5.74) is 2.96. The van der Waals surface area contributed by atoms with Crippen LogP contribution in [0.15, 0.2) is 36.4 Å². The summed E-state index contributed by atoms with van der Waals surface area (Å²) in [6.07, 6.45) is 0. The first kappa shape index (κ1) is 14.5. The van der Waals surface area contributed by atoms with Gasteiger partial charge in [-0.2, -0.15) is 0 Å². The van der Waals surface area contributed by atoms with E-state index < -0.39 is 0 Å². The molecule has 19 heavy (non-hydrogen) atoms. The highest BCUT2D eigenvalue weighted by molar-refractivity contribution is 6.34. The second kappa shape index (κ2) is 6.04. The number of hydrogen-bond acceptors (Lipinski definition) is 1. The fourth-order valence-corrected chi connectivity index (χ4v) is 2.65. The van der Waals surface area contributed by atoms with E-state index in [1.54, 1.807) is 12.1 Å². The minimum absolute atomic E-state index is 0.0198. The normalized spacial score (nSPS) is 12.3. The molecule has 2 aromatic carbocycles. The number of anilines is 1. The number of rotatable bonds is 3. The zero-order chi connectivity index (χ0) is 14.0. The van der Waals surface area contributed by atoms with Gasteiger partial charge < -0.3 is 5.32 Å². The van der Waals surface area contributed by atoms with Crippen molar-refractivity contribution in [2.24, 2.45) is 0 Å². The molecule has 1 nitrogen and oxygen atoms in total. The van der Waals surface area contributed by atoms with Crippen LogP contribution in [-0.4, -0.2) is 0 Å². The predicted molar refractivity (Wildman–Crippen MR) is 84.7 cm³/mol. The van der Waals surface area contributed by atoms with E-state index in [1.165, 1.54) is 0 Å². The molecule has 1 N–H and O–H groups in total. The molecule has 0 spiro atoms. The number of halogens is 3. The molecule has 0 aliphatic carbocycles. The minimum atomic E-state index is 0.0198. The molecule has 2 rings (SSSR count). The van der Waals surface area contributed by atoms with Gasteiger partial charge in [0.1, 0.15) is 0 Å². The summed E-state index contributed by atoms with van der Waals surface area (Å²) >= 11 is 18.4. The molecule has 2 aromatic rings. The van der Waals surface area contributed by atoms with Crippen LogP contribution in [0.3, 0.4) is 0 Å². The Bertz CT molecular complexity index is 596. The molecular weight excluding hydrogens is 301 g/mol. The summed E-state index contributed by atoms with van der Waals surface area (Å²) in [6, 6.07) is 11.4. The van der Waals surface area contributed by atoms with E-state index in [4.69, 9.17) is 34.8 Å². The van der Waals surface area contributed by atoms with Crippen LogP contribution in [0.2, 0.25) is 15.1 Å². The van der Waals surface area contributed by atoms with Gasteiger partial charge >= 0.3 is 0 Å². The van der Waals surface area contributed by atoms with Crippen molar-refractivity contribution in [2.45, 2.75) is 19.9 Å². The standard InChI is InChI=1S/C15H14Cl3N/c1-9-3-6-15(14(18)7-9)19-10(2)12-8-11(16)4-5-13(12)17/h3-8,10,19H,1-2H3. The molecule has 0 saturated heterocycles. The Morgan fingerprint density at radius 2 is 1.68 bits per heavy atom. The van der Waals surface area contributed by atoms with Crippen LogP contribution >= 0.6 is 34.8 Å². The molecule has 1 unspecified atom stereocenters. The van der Waals surface area contributed by atoms with Gasteiger partial charge in [0, 0.05) is 10.0 Å². The summed E-state index contributed by atoms with van der Waals surface area (Å²) in [5, 5.41) is 5.40. The Balaban J connectivity index is 2.25. The number of aryl methyl sites for hydroxylation is 1. The molecule has 1 atom stereocenters. The van der Waals surface area contributed by atoms with Crippen LogP contribution in [0.4, 0.5) is 5.69 Å². The molecule has 0 bridgehead atoms. The third-order valence-corrected chi connectivity index (χ3v) is 3.81. The highest BCUT2D eigenvalue weighted by Crippen LogP contribution is 2.31. The molecule has 0 amide bonds. The van der Waals surface area contributed by atoms with Gasteiger partial charge in [0.05, 0.1) is 16.8 Å². The summed E-state index contributed by atoms with van der Waals surface area (Å²) in [5.74, 6) is 0. The Hall–Kier alpha value is -0.890. The fourth-order valence-electron chi connectivity index (χ4n) is 1.89. The highest BCUT2D eigenvalue weighted by Gasteiger charge is 2.11. The van der Waals surface area contributed by atoms with E-state index in [9.17, 15) is 0 Å². The lowest BCUT2D eigenvalue weighted by Crippen LogP contribution is -2.07. The lowest BCUT2D eigenvalue weighted by Gasteiger charge is -2.18. The van der Waals surface area contributed by atoms with Gasteiger partial charge in [0.25, 0.3) is 0 Å². The second-order valence-electron chi connectivity index (χ2n) is 4.52. The van der Waals surface area contributed by atoms with E-state index in [2.05, 4.69) is 5.32 Å². The van der Waals surface area contributed by atoms with Crippen LogP contribution in [-0.2, 0) is 0 Å². The van der Waals surface area contributed by atoms with Crippen LogP contribution in [0.5, 0.6) is 0 Å². The van der Waals surface area contributed by atoms with E-state index in [0.29, 0.717) is 15.1 Å². The lowest BCUT2D eigenvalue weighted by atomic mass is 10.1. The average Bonchev–Trinajstić information content (AvgIpc) is 2.35. The first-order chi connectivity index (χ1) is 8.97. The van der Waals surface area contributed by atoms with Gasteiger partial charge in [-0.3, -0.25) is 0 Å². The van der Waals surface area contributed by atoms with Gasteiger partial charge in [0.15, 0.2) is 0 Å². The van der Waals surface area contributed by atoms with E-state index in [-0.39, 0.29) is 6.04 Å². The van der Waals surface area contributed by atoms with Crippen LogP contribution in [0.1, 0.15) is 24.1 Å². The Morgan fingerprint density at radius 3 is 2.37 bits per heavy atom. The van der Waals surface area contributed by atoms with Gasteiger partial charge in [-0.25, -0.2) is 0 Å². The van der Waals surface area contributed by atoms with Crippen molar-refractivity contribution in [2.75, 3.05) is 5.32 Å². The van der Waals surface area contributed by atoms with E-state index >= 15 is 0 Å². The molecule has 0 radical (unpaired) electrons. The molecule has 0 saturated carbocycles. The molecule has 0 fully saturated rings. The van der Waals surface area contributed by atoms with Gasteiger partial charge in [-0.1, -0.05) is 40.9 Å². The maximum absolute atomic E-state index is 6.21. The summed E-state index contributed by atoms with van der Waals surface area (Å²) in [4.78, 5) is 0. The van der Waals surface area contributed by atoms with Crippen LogP contribution in [0.25, 0.3) is 0 Å². The fraction of sp³-hybridized carbons (Fsp3) is 0.200. The third-order valence-electron chi connectivity index (χ3n) is 2.92. The molecule has 100 valence electrons. The second-order valence-corrected chi connectivity index (χ2v) is 5.77. The van der Waals surface area contributed by atoms with Crippen LogP contribution in [0, 0.1) is 6.92 Å². The molecular formula is C15H14Cl3N. The molecule has 0 heterocycles. The number of benzene rings is 2. The topological polar surface area (TPSA) is 12.0 Å². The van der Waals surface area contributed by atoms with Gasteiger partial charge in [-0.15, -0.1) is 0 Å². The Labute approximate surface area is 128 Å². The SMILES string of the molecule is Cc1ccc(NC(C)c2cc(Cl)ccc2Cl)c(Cl)c1. The van der Waals surface area contributed by atoms with E-state index in [1.807, 2.05) is 38.1 Å². The lowest BCUT2D eigenvalue weighted by molar-refractivity contribution is 0.885. The summed E-state index contributed by atoms with van der Waals surface area (Å²) < 4.78 is 0. The quantitative estimate of drug-likeness (QED) is 0.718. The molecule has 0 aliphatic heterocycles. The number of nitrogens with one attached hydrogen (secondary N) is 1. The first-order valence-corrected chi connectivity index (χ1v) is 7.08. The Morgan fingerprint density at radius 1 is 0.947 bits per heavy atom. The van der Waals surface area contributed by atoms with Crippen molar-refractivity contribution >= 4 is 40.5 Å². The van der Waals surface area contributed by atoms with Crippen molar-refractivity contribution in [3.8, 4) is 0 Å². The monoisotopic (exact) mass is 313 g/mol. The summed E-state index contributed by atoms with van der Waals surface area (Å²) in [7, 11) is 0. The maximum Gasteiger partial charge on any atom is 0.0640 e. The van der Waals surface area contributed by atoms with Gasteiger partial charge in [0.2, 0.25) is 0 Å². The van der Waals surface area contributed by atoms with Crippen molar-refractivity contribution in [1.29, 1.82) is 0 Å². The van der Waals surface area contributed by atoms with Crippen LogP contribution < -0.4 is 5.32 Å². The van der Waals surface area contributed by atoms with E-state index in [0.717, 1.165) is 16.8 Å². The zero-order valence-corrected chi connectivity index (χ0v) is 12.9. The number of hydrogen-bond donors (Lipinski definition) is 1. The molecule has 0 aromatic heterocycles. The van der Waals surface area contributed by atoms with Crippen molar-refractivity contribution in [3.63, 3.8) is 0 Å². The van der Waals surface area contributed by atoms with Crippen molar-refractivity contribution in [3.05, 3.63) is 62.6 Å². The molecule has 4 heteroatoms. The van der Waals surface area contributed by atoms with Gasteiger partial charge in [-0.05, 0) is 55.3 Å².